The van der Waals surface area contributed by atoms with Gasteiger partial charge in [0.1, 0.15) is 30.8 Å². The Morgan fingerprint density at radius 2 is 1.62 bits per heavy atom. The van der Waals surface area contributed by atoms with E-state index in [0.29, 0.717) is 64.7 Å². The topological polar surface area (TPSA) is 147 Å². The van der Waals surface area contributed by atoms with Gasteiger partial charge in [-0.05, 0) is 108 Å². The SMILES string of the molecule is Cc1noc(C)c1CN1Cc2cc3c(cc2C[C@H]1C(=O)NC(Cc1ccc(-c2ccc(C#N)cc2)cc1)C(=O)O)OC[C@H](c1ccc(OCc2ccc(Cl)c(Cl)c2)cc1)O3. The van der Waals surface area contributed by atoms with Crippen molar-refractivity contribution >= 4 is 35.1 Å². The highest BCUT2D eigenvalue weighted by Gasteiger charge is 2.36. The van der Waals surface area contributed by atoms with Gasteiger partial charge in [-0.15, -0.1) is 0 Å². The molecule has 1 aromatic heterocycles. The number of carbonyl (C=O) groups excluding carboxylic acids is 1. The van der Waals surface area contributed by atoms with E-state index in [2.05, 4.69) is 16.5 Å². The number of aromatic nitrogens is 1. The summed E-state index contributed by atoms with van der Waals surface area (Å²) in [6.45, 7) is 5.08. The summed E-state index contributed by atoms with van der Waals surface area (Å²) in [6, 6.07) is 32.0. The van der Waals surface area contributed by atoms with E-state index in [1.54, 1.807) is 24.3 Å². The molecule has 2 aliphatic rings. The molecule has 11 nitrogen and oxygen atoms in total. The molecule has 5 aromatic carbocycles. The van der Waals surface area contributed by atoms with Crippen molar-refractivity contribution in [3.8, 4) is 34.4 Å². The monoisotopic (exact) mass is 842 g/mol. The first kappa shape index (κ1) is 40.5. The fraction of sp³-hybridized carbons (Fsp3) is 0.234. The maximum absolute atomic E-state index is 14.2. The number of hydrogen-bond acceptors (Lipinski definition) is 9. The van der Waals surface area contributed by atoms with Gasteiger partial charge in [0.2, 0.25) is 5.91 Å². The summed E-state index contributed by atoms with van der Waals surface area (Å²) in [7, 11) is 0. The van der Waals surface area contributed by atoms with E-state index < -0.39 is 24.0 Å². The van der Waals surface area contributed by atoms with Crippen LogP contribution in [0.4, 0.5) is 0 Å². The predicted octanol–water partition coefficient (Wildman–Crippen LogP) is 8.97. The van der Waals surface area contributed by atoms with Crippen molar-refractivity contribution in [3.05, 3.63) is 164 Å². The molecular formula is C47H40Cl2N4O7. The number of carbonyl (C=O) groups is 2. The van der Waals surface area contributed by atoms with Crippen LogP contribution in [0.3, 0.4) is 0 Å². The predicted molar refractivity (Wildman–Crippen MR) is 225 cm³/mol. The molecule has 0 saturated heterocycles. The van der Waals surface area contributed by atoms with Crippen molar-refractivity contribution in [1.29, 1.82) is 5.26 Å². The zero-order valence-corrected chi connectivity index (χ0v) is 34.3. The third-order valence-electron chi connectivity index (χ3n) is 11.0. The molecule has 0 fully saturated rings. The number of carboxylic acid groups (broad SMARTS) is 1. The number of nitrogens with one attached hydrogen (secondary N) is 1. The van der Waals surface area contributed by atoms with Crippen molar-refractivity contribution in [2.75, 3.05) is 6.61 Å². The average Bonchev–Trinajstić information content (AvgIpc) is 3.58. The van der Waals surface area contributed by atoms with Crippen LogP contribution in [0.1, 0.15) is 56.5 Å². The van der Waals surface area contributed by atoms with Gasteiger partial charge in [-0.1, -0.05) is 83.0 Å². The summed E-state index contributed by atoms with van der Waals surface area (Å²) >= 11 is 12.2. The van der Waals surface area contributed by atoms with Crippen LogP contribution in [0.15, 0.2) is 108 Å². The molecule has 0 bridgehead atoms. The smallest absolute Gasteiger partial charge is 0.326 e. The Kier molecular flexibility index (Phi) is 11.8. The molecule has 13 heteroatoms. The molecule has 1 amide bonds. The molecule has 2 N–H and O–H groups in total. The number of rotatable bonds is 12. The Morgan fingerprint density at radius 1 is 0.917 bits per heavy atom. The molecule has 3 heterocycles. The van der Waals surface area contributed by atoms with Gasteiger partial charge in [-0.3, -0.25) is 9.69 Å². The highest BCUT2D eigenvalue weighted by atomic mass is 35.5. The molecule has 60 heavy (non-hydrogen) atoms. The fourth-order valence-corrected chi connectivity index (χ4v) is 7.89. The van der Waals surface area contributed by atoms with Gasteiger partial charge in [0, 0.05) is 25.1 Å². The Morgan fingerprint density at radius 3 is 2.28 bits per heavy atom. The molecule has 0 aliphatic carbocycles. The Labute approximate surface area is 357 Å². The first-order valence-corrected chi connectivity index (χ1v) is 20.2. The van der Waals surface area contributed by atoms with Gasteiger partial charge in [0.15, 0.2) is 17.6 Å². The first-order valence-electron chi connectivity index (χ1n) is 19.4. The number of nitriles is 1. The van der Waals surface area contributed by atoms with Crippen LogP contribution in [-0.2, 0) is 42.1 Å². The number of aliphatic carboxylic acids is 1. The molecule has 8 rings (SSSR count). The van der Waals surface area contributed by atoms with Crippen molar-refractivity contribution in [1.82, 2.24) is 15.4 Å². The van der Waals surface area contributed by atoms with E-state index in [-0.39, 0.29) is 19.1 Å². The van der Waals surface area contributed by atoms with Gasteiger partial charge < -0.3 is 29.2 Å². The Hall–Kier alpha value is -6.32. The van der Waals surface area contributed by atoms with Gasteiger partial charge in [-0.2, -0.15) is 5.26 Å². The summed E-state index contributed by atoms with van der Waals surface area (Å²) in [5, 5.41) is 27.4. The van der Waals surface area contributed by atoms with Crippen LogP contribution in [0.5, 0.6) is 17.2 Å². The third kappa shape index (κ3) is 8.97. The van der Waals surface area contributed by atoms with Crippen LogP contribution < -0.4 is 19.5 Å². The lowest BCUT2D eigenvalue weighted by Crippen LogP contribution is -2.54. The first-order chi connectivity index (χ1) is 29.0. The Balaban J connectivity index is 0.969. The molecule has 0 spiro atoms. The quantitative estimate of drug-likeness (QED) is 0.122. The largest absolute Gasteiger partial charge is 0.489 e. The zero-order chi connectivity index (χ0) is 41.9. The summed E-state index contributed by atoms with van der Waals surface area (Å²) in [4.78, 5) is 28.8. The van der Waals surface area contributed by atoms with Gasteiger partial charge in [0.05, 0.1) is 33.4 Å². The van der Waals surface area contributed by atoms with Crippen molar-refractivity contribution in [2.45, 2.75) is 64.6 Å². The van der Waals surface area contributed by atoms with E-state index in [4.69, 9.17) is 47.2 Å². The van der Waals surface area contributed by atoms with Crippen LogP contribution >= 0.6 is 23.2 Å². The summed E-state index contributed by atoms with van der Waals surface area (Å²) in [5.74, 6) is 0.999. The molecular weight excluding hydrogens is 803 g/mol. The van der Waals surface area contributed by atoms with Crippen LogP contribution in [0.25, 0.3) is 11.1 Å². The standard InChI is InChI=1S/C47H40Cl2N4O7/c1-27-38(28(2)60-52-27)24-53-23-36-21-44-43(58-26-45(59-44)34-12-14-37(15-13-34)57-25-31-7-16-39(48)40(49)17-31)20-35(36)19-42(53)46(54)51-41(47(55)56)18-29-3-8-32(9-4-29)33-10-5-30(22-50)6-11-33/h3-17,20-21,41-42,45H,18-19,23-26H2,1-2H3,(H,51,54)(H,55,56)/t41?,42-,45+/m0/s1. The van der Waals surface area contributed by atoms with Crippen LogP contribution in [0.2, 0.25) is 10.0 Å². The number of aryl methyl sites for hydroxylation is 2. The molecule has 2 aliphatic heterocycles. The van der Waals surface area contributed by atoms with E-state index in [1.807, 2.05) is 97.6 Å². The van der Waals surface area contributed by atoms with E-state index in [0.717, 1.165) is 50.2 Å². The fourth-order valence-electron chi connectivity index (χ4n) is 7.57. The molecule has 0 radical (unpaired) electrons. The highest BCUT2D eigenvalue weighted by molar-refractivity contribution is 6.42. The zero-order valence-electron chi connectivity index (χ0n) is 32.8. The second-order valence-corrected chi connectivity index (χ2v) is 15.8. The Bertz CT molecular complexity index is 2570. The normalized spacial score (nSPS) is 16.3. The lowest BCUT2D eigenvalue weighted by molar-refractivity contribution is -0.142. The van der Waals surface area contributed by atoms with Crippen molar-refractivity contribution in [3.63, 3.8) is 0 Å². The molecule has 3 atom stereocenters. The van der Waals surface area contributed by atoms with Crippen LogP contribution in [0, 0.1) is 25.2 Å². The lowest BCUT2D eigenvalue weighted by atomic mass is 9.91. The molecule has 1 unspecified atom stereocenters. The molecule has 6 aromatic rings. The minimum Gasteiger partial charge on any atom is -0.489 e. The lowest BCUT2D eigenvalue weighted by Gasteiger charge is -2.37. The second-order valence-electron chi connectivity index (χ2n) is 15.0. The number of carboxylic acids is 1. The number of nitrogens with zero attached hydrogens (tertiary/aromatic N) is 3. The molecule has 0 saturated carbocycles. The number of halogens is 2. The maximum atomic E-state index is 14.2. The van der Waals surface area contributed by atoms with Gasteiger partial charge in [-0.25, -0.2) is 4.79 Å². The minimum atomic E-state index is -1.17. The van der Waals surface area contributed by atoms with Gasteiger partial charge >= 0.3 is 5.97 Å². The second kappa shape index (κ2) is 17.5. The number of ether oxygens (including phenoxy) is 3. The average molecular weight is 844 g/mol. The van der Waals surface area contributed by atoms with Crippen LogP contribution in [-0.4, -0.2) is 45.7 Å². The number of hydrogen-bond donors (Lipinski definition) is 2. The van der Waals surface area contributed by atoms with Crippen molar-refractivity contribution in [2.24, 2.45) is 0 Å². The van der Waals surface area contributed by atoms with Gasteiger partial charge in [0.25, 0.3) is 0 Å². The number of fused-ring (bicyclic) bond motifs is 2. The minimum absolute atomic E-state index is 0.0935. The third-order valence-corrected chi connectivity index (χ3v) is 11.7. The summed E-state index contributed by atoms with van der Waals surface area (Å²) < 4.78 is 24.2. The number of benzene rings is 5. The summed E-state index contributed by atoms with van der Waals surface area (Å²) in [5.41, 5.74) is 8.50. The number of amides is 1. The van der Waals surface area contributed by atoms with E-state index >= 15 is 0 Å². The van der Waals surface area contributed by atoms with E-state index in [1.165, 1.54) is 0 Å². The molecule has 304 valence electrons. The van der Waals surface area contributed by atoms with E-state index in [9.17, 15) is 14.7 Å². The van der Waals surface area contributed by atoms with Crippen molar-refractivity contribution < 1.29 is 33.4 Å². The highest BCUT2D eigenvalue weighted by Crippen LogP contribution is 2.41. The summed E-state index contributed by atoms with van der Waals surface area (Å²) in [6.07, 6.45) is 0.0520. The maximum Gasteiger partial charge on any atom is 0.326 e.